The van der Waals surface area contributed by atoms with Gasteiger partial charge in [0.25, 0.3) is 0 Å². The standard InChI is InChI=1S/C11H14F2N2O/c1-7(5-14)11(16)15-6-8-4-9(12)2-3-10(8)13/h2-4,7H,5-6,14H2,1H3,(H,15,16). The summed E-state index contributed by atoms with van der Waals surface area (Å²) in [7, 11) is 0. The van der Waals surface area contributed by atoms with Crippen molar-refractivity contribution in [1.29, 1.82) is 0 Å². The number of hydrogen-bond acceptors (Lipinski definition) is 2. The molecule has 5 heteroatoms. The van der Waals surface area contributed by atoms with Gasteiger partial charge in [-0.1, -0.05) is 6.92 Å². The average molecular weight is 228 g/mol. The third-order valence-electron chi connectivity index (χ3n) is 2.26. The number of nitrogens with one attached hydrogen (secondary N) is 1. The molecule has 0 aliphatic carbocycles. The maximum Gasteiger partial charge on any atom is 0.224 e. The molecule has 1 aromatic rings. The van der Waals surface area contributed by atoms with Crippen molar-refractivity contribution >= 4 is 5.91 Å². The van der Waals surface area contributed by atoms with Crippen LogP contribution < -0.4 is 11.1 Å². The van der Waals surface area contributed by atoms with Crippen LogP contribution in [0.5, 0.6) is 0 Å². The Labute approximate surface area is 92.6 Å². The Hall–Kier alpha value is -1.49. The molecule has 0 aromatic heterocycles. The molecule has 3 nitrogen and oxygen atoms in total. The number of rotatable bonds is 4. The van der Waals surface area contributed by atoms with Crippen LogP contribution in [-0.4, -0.2) is 12.5 Å². The van der Waals surface area contributed by atoms with Crippen molar-refractivity contribution in [2.75, 3.05) is 6.54 Å². The molecule has 0 heterocycles. The van der Waals surface area contributed by atoms with Crippen molar-refractivity contribution in [2.45, 2.75) is 13.5 Å². The first-order valence-corrected chi connectivity index (χ1v) is 4.96. The molecule has 0 radical (unpaired) electrons. The van der Waals surface area contributed by atoms with Crippen LogP contribution in [0.1, 0.15) is 12.5 Å². The molecule has 1 unspecified atom stereocenters. The van der Waals surface area contributed by atoms with E-state index in [1.165, 1.54) is 0 Å². The minimum atomic E-state index is -0.540. The average Bonchev–Trinajstić information content (AvgIpc) is 2.28. The van der Waals surface area contributed by atoms with Crippen LogP contribution >= 0.6 is 0 Å². The summed E-state index contributed by atoms with van der Waals surface area (Å²) in [5, 5.41) is 2.49. The van der Waals surface area contributed by atoms with Gasteiger partial charge in [-0.3, -0.25) is 4.79 Å². The quantitative estimate of drug-likeness (QED) is 0.813. The van der Waals surface area contributed by atoms with Crippen LogP contribution in [0.4, 0.5) is 8.78 Å². The van der Waals surface area contributed by atoms with E-state index in [1.54, 1.807) is 6.92 Å². The van der Waals surface area contributed by atoms with Gasteiger partial charge in [0.15, 0.2) is 0 Å². The zero-order valence-corrected chi connectivity index (χ0v) is 8.97. The van der Waals surface area contributed by atoms with Crippen molar-refractivity contribution in [1.82, 2.24) is 5.32 Å². The second kappa shape index (κ2) is 5.55. The summed E-state index contributed by atoms with van der Waals surface area (Å²) in [5.41, 5.74) is 5.42. The molecule has 1 aromatic carbocycles. The predicted molar refractivity (Wildman–Crippen MR) is 56.4 cm³/mol. The van der Waals surface area contributed by atoms with Crippen LogP contribution in [0.15, 0.2) is 18.2 Å². The topological polar surface area (TPSA) is 55.1 Å². The van der Waals surface area contributed by atoms with Crippen LogP contribution in [0.3, 0.4) is 0 Å². The Bertz CT molecular complexity index is 382. The van der Waals surface area contributed by atoms with Gasteiger partial charge in [-0.2, -0.15) is 0 Å². The fourth-order valence-electron chi connectivity index (χ4n) is 1.14. The predicted octanol–water partition coefficient (Wildman–Crippen LogP) is 1.18. The molecule has 0 aliphatic heterocycles. The van der Waals surface area contributed by atoms with Crippen LogP contribution in [0.25, 0.3) is 0 Å². The summed E-state index contributed by atoms with van der Waals surface area (Å²) in [6, 6.07) is 3.12. The number of nitrogens with two attached hydrogens (primary N) is 1. The molecule has 0 saturated heterocycles. The molecule has 0 fully saturated rings. The number of amides is 1. The second-order valence-corrected chi connectivity index (χ2v) is 3.59. The van der Waals surface area contributed by atoms with E-state index in [-0.39, 0.29) is 30.5 Å². The SMILES string of the molecule is CC(CN)C(=O)NCc1cc(F)ccc1F. The minimum absolute atomic E-state index is 0.0350. The molecule has 3 N–H and O–H groups in total. The molecule has 0 aliphatic rings. The first kappa shape index (κ1) is 12.6. The zero-order valence-electron chi connectivity index (χ0n) is 8.97. The summed E-state index contributed by atoms with van der Waals surface area (Å²) in [5.74, 6) is -1.68. The van der Waals surface area contributed by atoms with Crippen molar-refractivity contribution in [3.05, 3.63) is 35.4 Å². The number of halogens is 2. The van der Waals surface area contributed by atoms with Crippen molar-refractivity contribution in [3.63, 3.8) is 0 Å². The van der Waals surface area contributed by atoms with E-state index in [0.717, 1.165) is 18.2 Å². The highest BCUT2D eigenvalue weighted by Gasteiger charge is 2.11. The van der Waals surface area contributed by atoms with Gasteiger partial charge >= 0.3 is 0 Å². The van der Waals surface area contributed by atoms with E-state index in [4.69, 9.17) is 5.73 Å². The summed E-state index contributed by atoms with van der Waals surface area (Å²) >= 11 is 0. The maximum atomic E-state index is 13.2. The van der Waals surface area contributed by atoms with Gasteiger partial charge in [0.05, 0.1) is 0 Å². The lowest BCUT2D eigenvalue weighted by molar-refractivity contribution is -0.124. The summed E-state index contributed by atoms with van der Waals surface area (Å²) < 4.78 is 26.0. The third kappa shape index (κ3) is 3.27. The Morgan fingerprint density at radius 1 is 1.50 bits per heavy atom. The first-order valence-electron chi connectivity index (χ1n) is 4.96. The monoisotopic (exact) mass is 228 g/mol. The normalized spacial score (nSPS) is 12.2. The molecular formula is C11H14F2N2O. The summed E-state index contributed by atoms with van der Waals surface area (Å²) in [4.78, 5) is 11.3. The highest BCUT2D eigenvalue weighted by Crippen LogP contribution is 2.09. The maximum absolute atomic E-state index is 13.2. The van der Waals surface area contributed by atoms with Gasteiger partial charge in [0.1, 0.15) is 11.6 Å². The van der Waals surface area contributed by atoms with Gasteiger partial charge in [-0.15, -0.1) is 0 Å². The fourth-order valence-corrected chi connectivity index (χ4v) is 1.14. The Kier molecular flexibility index (Phi) is 4.37. The molecule has 16 heavy (non-hydrogen) atoms. The number of benzene rings is 1. The van der Waals surface area contributed by atoms with E-state index < -0.39 is 11.6 Å². The fraction of sp³-hybridized carbons (Fsp3) is 0.364. The van der Waals surface area contributed by atoms with Gasteiger partial charge < -0.3 is 11.1 Å². The van der Waals surface area contributed by atoms with Crippen molar-refractivity contribution in [2.24, 2.45) is 11.7 Å². The van der Waals surface area contributed by atoms with E-state index in [1.807, 2.05) is 0 Å². The van der Waals surface area contributed by atoms with Crippen molar-refractivity contribution < 1.29 is 13.6 Å². The van der Waals surface area contributed by atoms with Gasteiger partial charge in [0, 0.05) is 24.6 Å². The highest BCUT2D eigenvalue weighted by atomic mass is 19.1. The summed E-state index contributed by atoms with van der Waals surface area (Å²) in [6.45, 7) is 1.85. The van der Waals surface area contributed by atoms with Crippen molar-refractivity contribution in [3.8, 4) is 0 Å². The molecule has 1 atom stereocenters. The molecule has 1 amide bonds. The molecule has 88 valence electrons. The molecule has 1 rings (SSSR count). The van der Waals surface area contributed by atoms with Gasteiger partial charge in [-0.05, 0) is 18.2 Å². The lowest BCUT2D eigenvalue weighted by atomic mass is 10.1. The first-order chi connectivity index (χ1) is 7.54. The lowest BCUT2D eigenvalue weighted by Crippen LogP contribution is -2.33. The number of hydrogen-bond donors (Lipinski definition) is 2. The van der Waals surface area contributed by atoms with Crippen LogP contribution in [0.2, 0.25) is 0 Å². The number of carbonyl (C=O) groups excluding carboxylic acids is 1. The van der Waals surface area contributed by atoms with E-state index in [0.29, 0.717) is 0 Å². The Morgan fingerprint density at radius 2 is 2.19 bits per heavy atom. The summed E-state index contributed by atoms with van der Waals surface area (Å²) in [6.07, 6.45) is 0. The molecular weight excluding hydrogens is 214 g/mol. The second-order valence-electron chi connectivity index (χ2n) is 3.59. The largest absolute Gasteiger partial charge is 0.352 e. The van der Waals surface area contributed by atoms with E-state index in [2.05, 4.69) is 5.32 Å². The molecule has 0 saturated carbocycles. The molecule has 0 spiro atoms. The van der Waals surface area contributed by atoms with Crippen LogP contribution in [-0.2, 0) is 11.3 Å². The lowest BCUT2D eigenvalue weighted by Gasteiger charge is -2.10. The highest BCUT2D eigenvalue weighted by molar-refractivity contribution is 5.78. The third-order valence-corrected chi connectivity index (χ3v) is 2.26. The Morgan fingerprint density at radius 3 is 2.81 bits per heavy atom. The van der Waals surface area contributed by atoms with Crippen LogP contribution in [0, 0.1) is 17.6 Å². The van der Waals surface area contributed by atoms with E-state index in [9.17, 15) is 13.6 Å². The Balaban J connectivity index is 2.61. The zero-order chi connectivity index (χ0) is 12.1. The van der Waals surface area contributed by atoms with E-state index >= 15 is 0 Å². The molecule has 0 bridgehead atoms. The smallest absolute Gasteiger partial charge is 0.224 e. The number of carbonyl (C=O) groups is 1. The van der Waals surface area contributed by atoms with Gasteiger partial charge in [-0.25, -0.2) is 8.78 Å². The minimum Gasteiger partial charge on any atom is -0.352 e. The van der Waals surface area contributed by atoms with Gasteiger partial charge in [0.2, 0.25) is 5.91 Å².